The molecule has 0 bridgehead atoms. The zero-order valence-electron chi connectivity index (χ0n) is 2.51. The van der Waals surface area contributed by atoms with Crippen LogP contribution in [-0.2, 0) is 4.74 Å². The molecule has 0 amide bonds. The molecule has 0 saturated carbocycles. The highest BCUT2D eigenvalue weighted by Crippen LogP contribution is 1.54. The highest BCUT2D eigenvalue weighted by molar-refractivity contribution is 4.40. The minimum Gasteiger partial charge on any atom is -0.399 e. The summed E-state index contributed by atoms with van der Waals surface area (Å²) >= 11 is 0. The Kier molecular flexibility index (Phi) is 2.76. The molecule has 3 nitrogen and oxygen atoms in total. The predicted molar refractivity (Wildman–Crippen MR) is 13.8 cm³/mol. The first kappa shape index (κ1) is 4.25. The van der Waals surface area contributed by atoms with E-state index in [4.69, 9.17) is 10.4 Å². The molecule has 0 aromatic heterocycles. The van der Waals surface area contributed by atoms with Gasteiger partial charge in [-0.25, -0.2) is 0 Å². The number of hydrogen-bond acceptors (Lipinski definition) is 3. The topological polar surface area (TPSA) is 53.2 Å². The van der Waals surface area contributed by atoms with Crippen molar-refractivity contribution in [3.8, 4) is 6.26 Å². The van der Waals surface area contributed by atoms with E-state index in [1.54, 1.807) is 0 Å². The summed E-state index contributed by atoms with van der Waals surface area (Å²) in [6.45, 7) is -0.517. The molecular formula is C2H3NO2. The summed E-state index contributed by atoms with van der Waals surface area (Å²) in [6.07, 6.45) is 1.27. The molecule has 0 aliphatic rings. The number of nitriles is 1. The summed E-state index contributed by atoms with van der Waals surface area (Å²) < 4.78 is 3.69. The van der Waals surface area contributed by atoms with Crippen molar-refractivity contribution < 1.29 is 9.84 Å². The Morgan fingerprint density at radius 2 is 2.60 bits per heavy atom. The fraction of sp³-hybridized carbons (Fsp3) is 0.500. The molecule has 0 atom stereocenters. The van der Waals surface area contributed by atoms with Gasteiger partial charge < -0.3 is 9.84 Å². The van der Waals surface area contributed by atoms with Gasteiger partial charge in [0.15, 0.2) is 6.79 Å². The third-order valence-electron chi connectivity index (χ3n) is 0.129. The average molecular weight is 73.1 g/mol. The Bertz CT molecular complexity index is 46.1. The molecule has 0 aliphatic heterocycles. The summed E-state index contributed by atoms with van der Waals surface area (Å²) in [4.78, 5) is 0. The summed E-state index contributed by atoms with van der Waals surface area (Å²) in [6, 6.07) is 0. The average Bonchev–Trinajstić information content (AvgIpc) is 1.41. The van der Waals surface area contributed by atoms with Crippen LogP contribution in [0.25, 0.3) is 0 Å². The normalized spacial score (nSPS) is 5.60. The van der Waals surface area contributed by atoms with Crippen molar-refractivity contribution in [2.24, 2.45) is 0 Å². The van der Waals surface area contributed by atoms with E-state index >= 15 is 0 Å². The maximum atomic E-state index is 7.62. The minimum atomic E-state index is -0.517. The Morgan fingerprint density at radius 3 is 2.60 bits per heavy atom. The standard InChI is InChI=1S/C2H3NO2/c3-1-5-2-4/h4H,2H2. The molecule has 0 heterocycles. The SMILES string of the molecule is N#COCO. The van der Waals surface area contributed by atoms with Gasteiger partial charge in [0.05, 0.1) is 0 Å². The van der Waals surface area contributed by atoms with Gasteiger partial charge in [-0.1, -0.05) is 0 Å². The van der Waals surface area contributed by atoms with Crippen molar-refractivity contribution in [1.29, 1.82) is 5.26 Å². The van der Waals surface area contributed by atoms with E-state index in [1.807, 2.05) is 0 Å². The van der Waals surface area contributed by atoms with Crippen molar-refractivity contribution in [3.63, 3.8) is 0 Å². The first-order chi connectivity index (χ1) is 2.41. The number of ether oxygens (including phenoxy) is 1. The van der Waals surface area contributed by atoms with Crippen LogP contribution in [0.4, 0.5) is 0 Å². The van der Waals surface area contributed by atoms with Crippen molar-refractivity contribution >= 4 is 0 Å². The lowest BCUT2D eigenvalue weighted by Gasteiger charge is -1.75. The zero-order valence-corrected chi connectivity index (χ0v) is 2.51. The quantitative estimate of drug-likeness (QED) is 0.334. The fourth-order valence-electron chi connectivity index (χ4n) is 0.0289. The van der Waals surface area contributed by atoms with Crippen LogP contribution in [0, 0.1) is 11.5 Å². The Labute approximate surface area is 29.4 Å². The molecule has 0 saturated heterocycles. The summed E-state index contributed by atoms with van der Waals surface area (Å²) in [7, 11) is 0. The van der Waals surface area contributed by atoms with Crippen LogP contribution < -0.4 is 0 Å². The monoisotopic (exact) mass is 73.0 g/mol. The fourth-order valence-corrected chi connectivity index (χ4v) is 0.0289. The Balaban J connectivity index is 2.48. The van der Waals surface area contributed by atoms with Gasteiger partial charge in [0.1, 0.15) is 0 Å². The molecule has 0 aliphatic carbocycles. The van der Waals surface area contributed by atoms with Crippen LogP contribution in [0.3, 0.4) is 0 Å². The number of aliphatic hydroxyl groups is 1. The zero-order chi connectivity index (χ0) is 4.12. The lowest BCUT2D eigenvalue weighted by Crippen LogP contribution is -1.79. The third-order valence-corrected chi connectivity index (χ3v) is 0.129. The number of rotatable bonds is 1. The van der Waals surface area contributed by atoms with Gasteiger partial charge in [-0.2, -0.15) is 5.26 Å². The van der Waals surface area contributed by atoms with E-state index in [1.165, 1.54) is 6.26 Å². The second kappa shape index (κ2) is 3.25. The predicted octanol–water partition coefficient (Wildman–Crippen LogP) is -0.566. The molecule has 0 rings (SSSR count). The van der Waals surface area contributed by atoms with E-state index in [-0.39, 0.29) is 0 Å². The van der Waals surface area contributed by atoms with Crippen LogP contribution in [-0.4, -0.2) is 11.9 Å². The van der Waals surface area contributed by atoms with Crippen molar-refractivity contribution in [2.75, 3.05) is 6.79 Å². The largest absolute Gasteiger partial charge is 0.399 e. The third kappa shape index (κ3) is 3.25. The number of hydrogen-bond donors (Lipinski definition) is 1. The molecule has 28 valence electrons. The lowest BCUT2D eigenvalue weighted by molar-refractivity contribution is 0.0713. The van der Waals surface area contributed by atoms with E-state index in [9.17, 15) is 0 Å². The van der Waals surface area contributed by atoms with Gasteiger partial charge in [-0.05, 0) is 0 Å². The van der Waals surface area contributed by atoms with Gasteiger partial charge >= 0.3 is 0 Å². The molecule has 3 heteroatoms. The second-order valence-electron chi connectivity index (χ2n) is 0.365. The lowest BCUT2D eigenvalue weighted by atomic mass is 11.4. The highest BCUT2D eigenvalue weighted by Gasteiger charge is 1.61. The number of nitrogens with zero attached hydrogens (tertiary/aromatic N) is 1. The first-order valence-electron chi connectivity index (χ1n) is 1.03. The molecule has 0 spiro atoms. The molecule has 0 fully saturated rings. The van der Waals surface area contributed by atoms with E-state index in [0.29, 0.717) is 0 Å². The number of aliphatic hydroxyl groups excluding tert-OH is 1. The minimum absolute atomic E-state index is 0.517. The second-order valence-corrected chi connectivity index (χ2v) is 0.365. The van der Waals surface area contributed by atoms with Gasteiger partial charge in [0.25, 0.3) is 6.26 Å². The first-order valence-corrected chi connectivity index (χ1v) is 1.03. The Hall–Kier alpha value is -0.750. The molecule has 0 unspecified atom stereocenters. The highest BCUT2D eigenvalue weighted by atomic mass is 16.6. The summed E-state index contributed by atoms with van der Waals surface area (Å²) in [5.74, 6) is 0. The van der Waals surface area contributed by atoms with Crippen molar-refractivity contribution in [1.82, 2.24) is 0 Å². The van der Waals surface area contributed by atoms with Gasteiger partial charge in [-0.3, -0.25) is 0 Å². The van der Waals surface area contributed by atoms with Crippen LogP contribution >= 0.6 is 0 Å². The van der Waals surface area contributed by atoms with E-state index in [0.717, 1.165) is 0 Å². The van der Waals surface area contributed by atoms with Crippen molar-refractivity contribution in [2.45, 2.75) is 0 Å². The van der Waals surface area contributed by atoms with Crippen LogP contribution in [0.15, 0.2) is 0 Å². The summed E-state index contributed by atoms with van der Waals surface area (Å²) in [5, 5.41) is 15.1. The van der Waals surface area contributed by atoms with Crippen LogP contribution in [0.1, 0.15) is 0 Å². The van der Waals surface area contributed by atoms with Crippen LogP contribution in [0.5, 0.6) is 0 Å². The van der Waals surface area contributed by atoms with Gasteiger partial charge in [-0.15, -0.1) is 0 Å². The maximum absolute atomic E-state index is 7.62. The van der Waals surface area contributed by atoms with Gasteiger partial charge in [0, 0.05) is 0 Å². The van der Waals surface area contributed by atoms with Gasteiger partial charge in [0.2, 0.25) is 0 Å². The summed E-state index contributed by atoms with van der Waals surface area (Å²) in [5.41, 5.74) is 0. The maximum Gasteiger partial charge on any atom is 0.288 e. The molecule has 0 radical (unpaired) electrons. The molecule has 0 aromatic rings. The molecular weight excluding hydrogens is 70.0 g/mol. The molecule has 0 aromatic carbocycles. The molecule has 5 heavy (non-hydrogen) atoms. The van der Waals surface area contributed by atoms with E-state index < -0.39 is 6.79 Å². The van der Waals surface area contributed by atoms with Crippen LogP contribution in [0.2, 0.25) is 0 Å². The van der Waals surface area contributed by atoms with Crippen molar-refractivity contribution in [3.05, 3.63) is 0 Å². The Morgan fingerprint density at radius 1 is 2.00 bits per heavy atom. The smallest absolute Gasteiger partial charge is 0.288 e. The van der Waals surface area contributed by atoms with E-state index in [2.05, 4.69) is 4.74 Å². The molecule has 1 N–H and O–H groups in total.